The fourth-order valence-corrected chi connectivity index (χ4v) is 3.07. The van der Waals surface area contributed by atoms with Crippen molar-refractivity contribution in [1.82, 2.24) is 10.2 Å². The molecule has 0 bridgehead atoms. The summed E-state index contributed by atoms with van der Waals surface area (Å²) in [7, 11) is 1.68. The molecule has 0 aromatic rings. The highest BCUT2D eigenvalue weighted by atomic mass is 16.5. The summed E-state index contributed by atoms with van der Waals surface area (Å²) in [5.41, 5.74) is -0.719. The normalized spacial score (nSPS) is 21.8. The maximum atomic E-state index is 12.9. The van der Waals surface area contributed by atoms with Crippen LogP contribution in [0.3, 0.4) is 0 Å². The van der Waals surface area contributed by atoms with Crippen molar-refractivity contribution < 1.29 is 14.3 Å². The van der Waals surface area contributed by atoms with Crippen molar-refractivity contribution in [2.24, 2.45) is 5.92 Å². The Morgan fingerprint density at radius 2 is 1.86 bits per heavy atom. The molecular weight excluding hydrogens is 268 g/mol. The van der Waals surface area contributed by atoms with E-state index in [1.54, 1.807) is 12.0 Å². The monoisotopic (exact) mass is 298 g/mol. The Hall–Kier alpha value is -1.10. The van der Waals surface area contributed by atoms with Crippen LogP contribution in [0.15, 0.2) is 0 Å². The second kappa shape index (κ2) is 7.78. The number of carbonyl (C=O) groups excluding carboxylic acids is 2. The minimum absolute atomic E-state index is 0.0139. The van der Waals surface area contributed by atoms with Crippen LogP contribution in [0.2, 0.25) is 0 Å². The fourth-order valence-electron chi connectivity index (χ4n) is 3.07. The molecule has 1 rings (SSSR count). The number of methoxy groups -OCH3 is 1. The molecule has 21 heavy (non-hydrogen) atoms. The van der Waals surface area contributed by atoms with Gasteiger partial charge >= 0.3 is 0 Å². The molecular formula is C16H30N2O3. The fraction of sp³-hybridized carbons (Fsp3) is 0.875. The van der Waals surface area contributed by atoms with Gasteiger partial charge in [0.05, 0.1) is 0 Å². The Balaban J connectivity index is 2.93. The van der Waals surface area contributed by atoms with Gasteiger partial charge in [0.1, 0.15) is 11.6 Å². The largest absolute Gasteiger partial charge is 0.385 e. The predicted molar refractivity (Wildman–Crippen MR) is 82.9 cm³/mol. The minimum atomic E-state index is -0.719. The zero-order chi connectivity index (χ0) is 16.0. The molecule has 0 radical (unpaired) electrons. The third kappa shape index (κ3) is 3.76. The minimum Gasteiger partial charge on any atom is -0.385 e. The van der Waals surface area contributed by atoms with Crippen LogP contribution < -0.4 is 5.32 Å². The van der Waals surface area contributed by atoms with Crippen molar-refractivity contribution in [3.63, 3.8) is 0 Å². The third-order valence-electron chi connectivity index (χ3n) is 4.47. The third-order valence-corrected chi connectivity index (χ3v) is 4.47. The average molecular weight is 298 g/mol. The molecule has 1 atom stereocenters. The van der Waals surface area contributed by atoms with Crippen LogP contribution in [0.25, 0.3) is 0 Å². The lowest BCUT2D eigenvalue weighted by Crippen LogP contribution is -2.71. The summed E-state index contributed by atoms with van der Waals surface area (Å²) in [5, 5.41) is 2.99. The number of hydrogen-bond donors (Lipinski definition) is 1. The summed E-state index contributed by atoms with van der Waals surface area (Å²) in [6.45, 7) is 9.21. The van der Waals surface area contributed by atoms with E-state index in [0.29, 0.717) is 26.0 Å². The van der Waals surface area contributed by atoms with E-state index >= 15 is 0 Å². The number of hydrogen-bond acceptors (Lipinski definition) is 3. The summed E-state index contributed by atoms with van der Waals surface area (Å²) in [5.74, 6) is 0.173. The molecule has 1 N–H and O–H groups in total. The molecule has 1 saturated heterocycles. The van der Waals surface area contributed by atoms with Crippen molar-refractivity contribution in [3.05, 3.63) is 0 Å². The first-order valence-corrected chi connectivity index (χ1v) is 8.05. The molecule has 1 aliphatic rings. The number of nitrogens with zero attached hydrogens (tertiary/aromatic N) is 1. The van der Waals surface area contributed by atoms with Crippen LogP contribution in [0, 0.1) is 5.92 Å². The summed E-state index contributed by atoms with van der Waals surface area (Å²) in [4.78, 5) is 27.2. The molecule has 5 heteroatoms. The number of rotatable bonds is 8. The predicted octanol–water partition coefficient (Wildman–Crippen LogP) is 1.95. The van der Waals surface area contributed by atoms with Gasteiger partial charge in [-0.3, -0.25) is 9.59 Å². The number of amides is 2. The number of ether oxygens (including phenoxy) is 1. The lowest BCUT2D eigenvalue weighted by molar-refractivity contribution is -0.157. The molecule has 0 aromatic carbocycles. The highest BCUT2D eigenvalue weighted by Crippen LogP contribution is 2.28. The van der Waals surface area contributed by atoms with E-state index in [1.165, 1.54) is 0 Å². The molecule has 122 valence electrons. The Morgan fingerprint density at radius 1 is 1.24 bits per heavy atom. The zero-order valence-electron chi connectivity index (χ0n) is 14.1. The van der Waals surface area contributed by atoms with Crippen LogP contribution in [-0.2, 0) is 14.3 Å². The van der Waals surface area contributed by atoms with Gasteiger partial charge < -0.3 is 15.0 Å². The first kappa shape index (κ1) is 18.0. The van der Waals surface area contributed by atoms with Crippen LogP contribution in [0.1, 0.15) is 53.4 Å². The Morgan fingerprint density at radius 3 is 2.33 bits per heavy atom. The van der Waals surface area contributed by atoms with Gasteiger partial charge in [-0.15, -0.1) is 0 Å². The summed E-state index contributed by atoms with van der Waals surface area (Å²) < 4.78 is 5.05. The molecule has 1 unspecified atom stereocenters. The molecule has 1 aliphatic heterocycles. The van der Waals surface area contributed by atoms with Gasteiger partial charge in [0.2, 0.25) is 11.8 Å². The SMILES string of the molecule is CCC1(CC)NC(=O)C(C(C)C)N(CCCCOC)C1=O. The molecule has 5 nitrogen and oxygen atoms in total. The molecule has 0 saturated carbocycles. The Labute approximate surface area is 128 Å². The van der Waals surface area contributed by atoms with Crippen LogP contribution in [0.5, 0.6) is 0 Å². The van der Waals surface area contributed by atoms with E-state index in [4.69, 9.17) is 4.74 Å². The van der Waals surface area contributed by atoms with Crippen molar-refractivity contribution in [3.8, 4) is 0 Å². The average Bonchev–Trinajstić information content (AvgIpc) is 2.46. The van der Waals surface area contributed by atoms with Crippen molar-refractivity contribution >= 4 is 11.8 Å². The van der Waals surface area contributed by atoms with Crippen molar-refractivity contribution in [2.75, 3.05) is 20.3 Å². The van der Waals surface area contributed by atoms with Gasteiger partial charge in [0.25, 0.3) is 0 Å². The van der Waals surface area contributed by atoms with Crippen LogP contribution in [0.4, 0.5) is 0 Å². The first-order valence-electron chi connectivity index (χ1n) is 8.05. The quantitative estimate of drug-likeness (QED) is 0.697. The van der Waals surface area contributed by atoms with E-state index in [-0.39, 0.29) is 23.8 Å². The smallest absolute Gasteiger partial charge is 0.248 e. The summed E-state index contributed by atoms with van der Waals surface area (Å²) in [6, 6.07) is -0.355. The van der Waals surface area contributed by atoms with Gasteiger partial charge in [-0.2, -0.15) is 0 Å². The highest BCUT2D eigenvalue weighted by Gasteiger charge is 2.49. The van der Waals surface area contributed by atoms with Gasteiger partial charge in [-0.25, -0.2) is 0 Å². The molecule has 0 aromatic heterocycles. The number of unbranched alkanes of at least 4 members (excludes halogenated alkanes) is 1. The lowest BCUT2D eigenvalue weighted by atomic mass is 9.84. The van der Waals surface area contributed by atoms with Gasteiger partial charge in [-0.1, -0.05) is 27.7 Å². The topological polar surface area (TPSA) is 58.6 Å². The summed E-state index contributed by atoms with van der Waals surface area (Å²) >= 11 is 0. The number of piperazine rings is 1. The van der Waals surface area contributed by atoms with Crippen LogP contribution >= 0.6 is 0 Å². The first-order chi connectivity index (χ1) is 9.93. The molecule has 1 fully saturated rings. The number of carbonyl (C=O) groups is 2. The molecule has 1 heterocycles. The van der Waals surface area contributed by atoms with Gasteiger partial charge in [-0.05, 0) is 31.6 Å². The van der Waals surface area contributed by atoms with Gasteiger partial charge in [0.15, 0.2) is 0 Å². The van der Waals surface area contributed by atoms with Crippen molar-refractivity contribution in [2.45, 2.75) is 65.0 Å². The molecule has 0 spiro atoms. The molecule has 2 amide bonds. The lowest BCUT2D eigenvalue weighted by Gasteiger charge is -2.47. The maximum Gasteiger partial charge on any atom is 0.248 e. The van der Waals surface area contributed by atoms with E-state index < -0.39 is 5.54 Å². The van der Waals surface area contributed by atoms with E-state index in [0.717, 1.165) is 12.8 Å². The Bertz CT molecular complexity index is 365. The van der Waals surface area contributed by atoms with E-state index in [2.05, 4.69) is 5.32 Å². The molecule has 0 aliphatic carbocycles. The van der Waals surface area contributed by atoms with E-state index in [9.17, 15) is 9.59 Å². The zero-order valence-corrected chi connectivity index (χ0v) is 14.1. The van der Waals surface area contributed by atoms with Gasteiger partial charge in [0, 0.05) is 20.3 Å². The Kier molecular flexibility index (Phi) is 6.65. The standard InChI is InChI=1S/C16H30N2O3/c1-6-16(7-2)15(20)18(10-8-9-11-21-5)13(12(3)4)14(19)17-16/h12-13H,6-11H2,1-5H3,(H,17,19). The van der Waals surface area contributed by atoms with Crippen LogP contribution in [-0.4, -0.2) is 48.6 Å². The second-order valence-electron chi connectivity index (χ2n) is 6.17. The highest BCUT2D eigenvalue weighted by molar-refractivity contribution is 5.99. The second-order valence-corrected chi connectivity index (χ2v) is 6.17. The van der Waals surface area contributed by atoms with E-state index in [1.807, 2.05) is 27.7 Å². The van der Waals surface area contributed by atoms with Crippen molar-refractivity contribution in [1.29, 1.82) is 0 Å². The maximum absolute atomic E-state index is 12.9. The number of nitrogens with one attached hydrogen (secondary N) is 1. The summed E-state index contributed by atoms with van der Waals surface area (Å²) in [6.07, 6.45) is 3.03.